The standard InChI is InChI=1S/C17H19ClN2O5S/c1-11(17(21)19-12-5-4-6-13(9-12)24-2)20-26(22,23)14-7-8-16(25-3)15(18)10-14/h4-11,20H,1-3H3,(H,19,21)/t11-/m1/s1. The van der Waals surface area contributed by atoms with Gasteiger partial charge in [-0.1, -0.05) is 17.7 Å². The number of rotatable bonds is 7. The topological polar surface area (TPSA) is 93.7 Å². The van der Waals surface area contributed by atoms with Crippen molar-refractivity contribution in [3.8, 4) is 11.5 Å². The molecule has 26 heavy (non-hydrogen) atoms. The van der Waals surface area contributed by atoms with E-state index in [2.05, 4.69) is 10.0 Å². The molecule has 0 aliphatic carbocycles. The first-order valence-electron chi connectivity index (χ1n) is 7.57. The molecule has 7 nitrogen and oxygen atoms in total. The largest absolute Gasteiger partial charge is 0.497 e. The predicted molar refractivity (Wildman–Crippen MR) is 99.4 cm³/mol. The average molecular weight is 399 g/mol. The van der Waals surface area contributed by atoms with Crippen molar-refractivity contribution in [1.82, 2.24) is 4.72 Å². The zero-order valence-electron chi connectivity index (χ0n) is 14.4. The van der Waals surface area contributed by atoms with Crippen molar-refractivity contribution in [2.24, 2.45) is 0 Å². The first kappa shape index (κ1) is 20.0. The van der Waals surface area contributed by atoms with Crippen molar-refractivity contribution >= 4 is 33.2 Å². The number of amides is 1. The van der Waals surface area contributed by atoms with Crippen molar-refractivity contribution in [3.05, 3.63) is 47.5 Å². The van der Waals surface area contributed by atoms with Crippen LogP contribution in [0.5, 0.6) is 11.5 Å². The minimum atomic E-state index is -3.93. The molecule has 0 aliphatic rings. The Morgan fingerprint density at radius 3 is 2.46 bits per heavy atom. The second kappa shape index (κ2) is 8.39. The molecule has 0 saturated carbocycles. The van der Waals surface area contributed by atoms with Crippen LogP contribution in [0.25, 0.3) is 0 Å². The van der Waals surface area contributed by atoms with E-state index < -0.39 is 22.0 Å². The molecular weight excluding hydrogens is 380 g/mol. The van der Waals surface area contributed by atoms with Crippen molar-refractivity contribution in [3.63, 3.8) is 0 Å². The highest BCUT2D eigenvalue weighted by atomic mass is 35.5. The lowest BCUT2D eigenvalue weighted by atomic mass is 10.2. The van der Waals surface area contributed by atoms with Gasteiger partial charge >= 0.3 is 0 Å². The number of carbonyl (C=O) groups is 1. The number of anilines is 1. The summed E-state index contributed by atoms with van der Waals surface area (Å²) in [5.74, 6) is 0.416. The fourth-order valence-electron chi connectivity index (χ4n) is 2.12. The molecule has 1 atom stereocenters. The number of methoxy groups -OCH3 is 2. The van der Waals surface area contributed by atoms with Crippen LogP contribution < -0.4 is 19.5 Å². The second-order valence-corrected chi connectivity index (χ2v) is 7.48. The van der Waals surface area contributed by atoms with Gasteiger partial charge in [-0.05, 0) is 37.3 Å². The van der Waals surface area contributed by atoms with Crippen molar-refractivity contribution in [1.29, 1.82) is 0 Å². The summed E-state index contributed by atoms with van der Waals surface area (Å²) in [7, 11) is -0.992. The maximum absolute atomic E-state index is 12.4. The van der Waals surface area contributed by atoms with Gasteiger partial charge in [0, 0.05) is 11.8 Å². The molecule has 2 rings (SSSR count). The Labute approximate surface area is 157 Å². The lowest BCUT2D eigenvalue weighted by molar-refractivity contribution is -0.117. The monoisotopic (exact) mass is 398 g/mol. The number of hydrogen-bond donors (Lipinski definition) is 2. The van der Waals surface area contributed by atoms with E-state index in [4.69, 9.17) is 21.1 Å². The summed E-state index contributed by atoms with van der Waals surface area (Å²) in [6.45, 7) is 1.44. The lowest BCUT2D eigenvalue weighted by Crippen LogP contribution is -2.41. The minimum Gasteiger partial charge on any atom is -0.497 e. The van der Waals surface area contributed by atoms with Gasteiger partial charge in [0.15, 0.2) is 0 Å². The molecule has 0 heterocycles. The second-order valence-electron chi connectivity index (χ2n) is 5.36. The highest BCUT2D eigenvalue weighted by molar-refractivity contribution is 7.89. The van der Waals surface area contributed by atoms with E-state index in [0.717, 1.165) is 0 Å². The maximum Gasteiger partial charge on any atom is 0.242 e. The third-order valence-corrected chi connectivity index (χ3v) is 5.33. The van der Waals surface area contributed by atoms with E-state index >= 15 is 0 Å². The summed E-state index contributed by atoms with van der Waals surface area (Å²) in [6.07, 6.45) is 0. The van der Waals surface area contributed by atoms with Gasteiger partial charge in [-0.2, -0.15) is 4.72 Å². The van der Waals surface area contributed by atoms with E-state index in [9.17, 15) is 13.2 Å². The molecule has 0 bridgehead atoms. The molecule has 2 aromatic carbocycles. The van der Waals surface area contributed by atoms with Gasteiger partial charge in [-0.3, -0.25) is 4.79 Å². The van der Waals surface area contributed by atoms with Crippen LogP contribution in [0.15, 0.2) is 47.4 Å². The molecular formula is C17H19ClN2O5S. The Bertz CT molecular complexity index is 902. The molecule has 9 heteroatoms. The fourth-order valence-corrected chi connectivity index (χ4v) is 3.67. The fraction of sp³-hybridized carbons (Fsp3) is 0.235. The van der Waals surface area contributed by atoms with Gasteiger partial charge in [-0.25, -0.2) is 8.42 Å². The summed E-state index contributed by atoms with van der Waals surface area (Å²) >= 11 is 5.96. The Balaban J connectivity index is 2.10. The number of hydrogen-bond acceptors (Lipinski definition) is 5. The molecule has 0 spiro atoms. The third-order valence-electron chi connectivity index (χ3n) is 3.50. The zero-order valence-corrected chi connectivity index (χ0v) is 16.0. The molecule has 0 aromatic heterocycles. The van der Waals surface area contributed by atoms with Gasteiger partial charge in [0.05, 0.1) is 30.2 Å². The van der Waals surface area contributed by atoms with Gasteiger partial charge in [0.1, 0.15) is 11.5 Å². The van der Waals surface area contributed by atoms with E-state index in [1.54, 1.807) is 24.3 Å². The molecule has 140 valence electrons. The van der Waals surface area contributed by atoms with Crippen molar-refractivity contribution < 1.29 is 22.7 Å². The summed E-state index contributed by atoms with van der Waals surface area (Å²) in [5, 5.41) is 2.78. The molecule has 2 aromatic rings. The van der Waals surface area contributed by atoms with Crippen LogP contribution in [0, 0.1) is 0 Å². The number of nitrogens with one attached hydrogen (secondary N) is 2. The van der Waals surface area contributed by atoms with Crippen molar-refractivity contribution in [2.75, 3.05) is 19.5 Å². The Hall–Kier alpha value is -2.29. The quantitative estimate of drug-likeness (QED) is 0.747. The number of ether oxygens (including phenoxy) is 2. The van der Waals surface area contributed by atoms with Crippen LogP contribution >= 0.6 is 11.6 Å². The van der Waals surface area contributed by atoms with Crippen LogP contribution in [-0.2, 0) is 14.8 Å². The molecule has 0 radical (unpaired) electrons. The van der Waals surface area contributed by atoms with E-state index in [1.807, 2.05) is 0 Å². The third kappa shape index (κ3) is 4.87. The maximum atomic E-state index is 12.4. The molecule has 1 amide bonds. The molecule has 2 N–H and O–H groups in total. The van der Waals surface area contributed by atoms with Crippen LogP contribution in [-0.4, -0.2) is 34.6 Å². The van der Waals surface area contributed by atoms with Crippen LogP contribution in [0.4, 0.5) is 5.69 Å². The van der Waals surface area contributed by atoms with Gasteiger partial charge in [0.2, 0.25) is 15.9 Å². The van der Waals surface area contributed by atoms with E-state index in [1.165, 1.54) is 39.3 Å². The van der Waals surface area contributed by atoms with E-state index in [0.29, 0.717) is 17.2 Å². The summed E-state index contributed by atoms with van der Waals surface area (Å²) in [4.78, 5) is 12.2. The highest BCUT2D eigenvalue weighted by Crippen LogP contribution is 2.27. The molecule has 0 fully saturated rings. The van der Waals surface area contributed by atoms with Crippen LogP contribution in [0.2, 0.25) is 5.02 Å². The summed E-state index contributed by atoms with van der Waals surface area (Å²) < 4.78 is 37.3. The predicted octanol–water partition coefficient (Wildman–Crippen LogP) is 2.66. The number of benzene rings is 2. The molecule has 0 unspecified atom stereocenters. The van der Waals surface area contributed by atoms with Gasteiger partial charge in [0.25, 0.3) is 0 Å². The first-order valence-corrected chi connectivity index (χ1v) is 9.43. The summed E-state index contributed by atoms with van der Waals surface area (Å²) in [5.41, 5.74) is 0.493. The van der Waals surface area contributed by atoms with Crippen LogP contribution in [0.1, 0.15) is 6.92 Å². The normalized spacial score (nSPS) is 12.3. The average Bonchev–Trinajstić information content (AvgIpc) is 2.61. The Morgan fingerprint density at radius 2 is 1.85 bits per heavy atom. The Morgan fingerprint density at radius 1 is 1.12 bits per heavy atom. The van der Waals surface area contributed by atoms with E-state index in [-0.39, 0.29) is 9.92 Å². The molecule has 0 saturated heterocycles. The number of halogens is 1. The first-order chi connectivity index (χ1) is 12.3. The Kier molecular flexibility index (Phi) is 6.47. The summed E-state index contributed by atoms with van der Waals surface area (Å²) in [6, 6.07) is 9.78. The number of carbonyl (C=O) groups excluding carboxylic acids is 1. The van der Waals surface area contributed by atoms with Gasteiger partial charge in [-0.15, -0.1) is 0 Å². The molecule has 0 aliphatic heterocycles. The zero-order chi connectivity index (χ0) is 19.3. The minimum absolute atomic E-state index is 0.0654. The smallest absolute Gasteiger partial charge is 0.242 e. The number of sulfonamides is 1. The van der Waals surface area contributed by atoms with Crippen LogP contribution in [0.3, 0.4) is 0 Å². The van der Waals surface area contributed by atoms with Crippen molar-refractivity contribution in [2.45, 2.75) is 17.9 Å². The lowest BCUT2D eigenvalue weighted by Gasteiger charge is -2.15. The van der Waals surface area contributed by atoms with Gasteiger partial charge < -0.3 is 14.8 Å². The SMILES string of the molecule is COc1cccc(NC(=O)[C@@H](C)NS(=O)(=O)c2ccc(OC)c(Cl)c2)c1. The highest BCUT2D eigenvalue weighted by Gasteiger charge is 2.23.